The van der Waals surface area contributed by atoms with E-state index in [1.165, 1.54) is 40.0 Å². The van der Waals surface area contributed by atoms with Crippen molar-refractivity contribution in [2.45, 2.75) is 26.7 Å². The van der Waals surface area contributed by atoms with Crippen molar-refractivity contribution >= 4 is 6.09 Å². The summed E-state index contributed by atoms with van der Waals surface area (Å²) >= 11 is 0. The Hall–Kier alpha value is -2.95. The minimum atomic E-state index is -0.573. The molecule has 2 aromatic carbocycles. The maximum atomic E-state index is 13.0. The molecule has 0 aliphatic rings. The maximum absolute atomic E-state index is 13.0. The van der Waals surface area contributed by atoms with E-state index in [0.717, 1.165) is 5.56 Å². The van der Waals surface area contributed by atoms with Crippen molar-refractivity contribution in [2.24, 2.45) is 0 Å². The molecule has 1 heterocycles. The minimum absolute atomic E-state index is 0.0735. The highest BCUT2D eigenvalue weighted by molar-refractivity contribution is 5.74. The molecule has 0 saturated heterocycles. The molecule has 0 aliphatic heterocycles. The van der Waals surface area contributed by atoms with Gasteiger partial charge in [0.2, 0.25) is 0 Å². The van der Waals surface area contributed by atoms with Crippen molar-refractivity contribution in [2.75, 3.05) is 0 Å². The summed E-state index contributed by atoms with van der Waals surface area (Å²) in [6, 6.07) is 11.4. The summed E-state index contributed by atoms with van der Waals surface area (Å²) in [5.41, 5.74) is 3.48. The van der Waals surface area contributed by atoms with E-state index < -0.39 is 6.09 Å². The molecular formula is C20H19FN2O2. The van der Waals surface area contributed by atoms with Gasteiger partial charge in [0, 0.05) is 18.3 Å². The number of carbonyl (C=O) groups excluding carboxylic acids is 1. The third kappa shape index (κ3) is 3.45. The summed E-state index contributed by atoms with van der Waals surface area (Å²) in [5, 5.41) is 0. The number of benzene rings is 2. The number of aromatic nitrogens is 2. The Morgan fingerprint density at radius 3 is 2.60 bits per heavy atom. The van der Waals surface area contributed by atoms with Crippen LogP contribution in [0, 0.1) is 19.7 Å². The van der Waals surface area contributed by atoms with Gasteiger partial charge in [0.25, 0.3) is 0 Å². The summed E-state index contributed by atoms with van der Waals surface area (Å²) in [6.45, 7) is 6.12. The number of rotatable bonds is 3. The molecule has 128 valence electrons. The van der Waals surface area contributed by atoms with Gasteiger partial charge in [-0.05, 0) is 54.8 Å². The van der Waals surface area contributed by atoms with Gasteiger partial charge in [0.15, 0.2) is 0 Å². The van der Waals surface area contributed by atoms with Crippen LogP contribution in [0.15, 0.2) is 54.9 Å². The topological polar surface area (TPSA) is 44.1 Å². The van der Waals surface area contributed by atoms with E-state index in [0.29, 0.717) is 5.82 Å². The normalized spacial score (nSPS) is 12.0. The SMILES string of the molecule is Cc1cccc(C(C)c2nccn2C(=O)Oc2ccc(F)cc2)c1C. The second-order valence-corrected chi connectivity index (χ2v) is 5.99. The summed E-state index contributed by atoms with van der Waals surface area (Å²) < 4.78 is 19.7. The van der Waals surface area contributed by atoms with Crippen LogP contribution in [0.1, 0.15) is 35.4 Å². The van der Waals surface area contributed by atoms with Gasteiger partial charge >= 0.3 is 6.09 Å². The van der Waals surface area contributed by atoms with Crippen LogP contribution < -0.4 is 4.74 Å². The third-order valence-corrected chi connectivity index (χ3v) is 4.39. The first-order chi connectivity index (χ1) is 12.0. The highest BCUT2D eigenvalue weighted by Crippen LogP contribution is 2.27. The molecule has 0 N–H and O–H groups in total. The van der Waals surface area contributed by atoms with Gasteiger partial charge in [-0.25, -0.2) is 18.7 Å². The Bertz CT molecular complexity index is 900. The number of halogens is 1. The third-order valence-electron chi connectivity index (χ3n) is 4.39. The van der Waals surface area contributed by atoms with E-state index in [1.807, 2.05) is 19.1 Å². The van der Waals surface area contributed by atoms with Gasteiger partial charge in [0.1, 0.15) is 17.4 Å². The average molecular weight is 338 g/mol. The van der Waals surface area contributed by atoms with Gasteiger partial charge in [-0.1, -0.05) is 25.1 Å². The molecular weight excluding hydrogens is 319 g/mol. The molecule has 0 aliphatic carbocycles. The van der Waals surface area contributed by atoms with E-state index in [-0.39, 0.29) is 17.5 Å². The molecule has 5 heteroatoms. The van der Waals surface area contributed by atoms with Crippen LogP contribution in [-0.2, 0) is 0 Å². The lowest BCUT2D eigenvalue weighted by Crippen LogP contribution is -2.20. The largest absolute Gasteiger partial charge is 0.424 e. The molecule has 0 fully saturated rings. The first-order valence-electron chi connectivity index (χ1n) is 8.04. The predicted octanol–water partition coefficient (Wildman–Crippen LogP) is 4.84. The summed E-state index contributed by atoms with van der Waals surface area (Å²) in [7, 11) is 0. The fourth-order valence-electron chi connectivity index (χ4n) is 2.82. The Balaban J connectivity index is 1.88. The zero-order valence-corrected chi connectivity index (χ0v) is 14.4. The molecule has 3 rings (SSSR count). The van der Waals surface area contributed by atoms with Crippen LogP contribution in [0.3, 0.4) is 0 Å². The summed E-state index contributed by atoms with van der Waals surface area (Å²) in [5.74, 6) is 0.425. The lowest BCUT2D eigenvalue weighted by atomic mass is 9.93. The molecule has 1 atom stereocenters. The second kappa shape index (κ2) is 6.89. The minimum Gasteiger partial charge on any atom is -0.410 e. The number of imidazole rings is 1. The molecule has 0 spiro atoms. The number of ether oxygens (including phenoxy) is 1. The molecule has 3 aromatic rings. The van der Waals surface area contributed by atoms with Gasteiger partial charge in [-0.15, -0.1) is 0 Å². The quantitative estimate of drug-likeness (QED) is 0.686. The Labute approximate surface area is 145 Å². The summed E-state index contributed by atoms with van der Waals surface area (Å²) in [6.07, 6.45) is 2.57. The zero-order valence-electron chi connectivity index (χ0n) is 14.4. The predicted molar refractivity (Wildman–Crippen MR) is 93.5 cm³/mol. The highest BCUT2D eigenvalue weighted by Gasteiger charge is 2.21. The van der Waals surface area contributed by atoms with Gasteiger partial charge in [-0.3, -0.25) is 0 Å². The molecule has 0 saturated carbocycles. The lowest BCUT2D eigenvalue weighted by molar-refractivity contribution is 0.201. The summed E-state index contributed by atoms with van der Waals surface area (Å²) in [4.78, 5) is 16.8. The van der Waals surface area contributed by atoms with Crippen molar-refractivity contribution in [1.29, 1.82) is 0 Å². The molecule has 1 unspecified atom stereocenters. The fourth-order valence-corrected chi connectivity index (χ4v) is 2.82. The number of carbonyl (C=O) groups is 1. The van der Waals surface area contributed by atoms with E-state index in [9.17, 15) is 9.18 Å². The maximum Gasteiger partial charge on any atom is 0.424 e. The lowest BCUT2D eigenvalue weighted by Gasteiger charge is -2.17. The smallest absolute Gasteiger partial charge is 0.410 e. The molecule has 1 aromatic heterocycles. The zero-order chi connectivity index (χ0) is 18.0. The van der Waals surface area contributed by atoms with E-state index in [2.05, 4.69) is 24.9 Å². The van der Waals surface area contributed by atoms with Crippen molar-refractivity contribution in [3.63, 3.8) is 0 Å². The first-order valence-corrected chi connectivity index (χ1v) is 8.04. The van der Waals surface area contributed by atoms with Crippen LogP contribution in [0.2, 0.25) is 0 Å². The Morgan fingerprint density at radius 2 is 1.88 bits per heavy atom. The molecule has 0 amide bonds. The number of hydrogen-bond acceptors (Lipinski definition) is 3. The number of aryl methyl sites for hydroxylation is 1. The van der Waals surface area contributed by atoms with E-state index in [1.54, 1.807) is 12.4 Å². The average Bonchev–Trinajstić information content (AvgIpc) is 3.08. The van der Waals surface area contributed by atoms with Crippen LogP contribution >= 0.6 is 0 Å². The van der Waals surface area contributed by atoms with Gasteiger partial charge in [-0.2, -0.15) is 0 Å². The van der Waals surface area contributed by atoms with Crippen molar-refractivity contribution < 1.29 is 13.9 Å². The Kier molecular flexibility index (Phi) is 4.65. The Morgan fingerprint density at radius 1 is 1.16 bits per heavy atom. The first kappa shape index (κ1) is 16.9. The molecule has 4 nitrogen and oxygen atoms in total. The molecule has 25 heavy (non-hydrogen) atoms. The van der Waals surface area contributed by atoms with E-state index in [4.69, 9.17) is 4.74 Å². The monoisotopic (exact) mass is 338 g/mol. The van der Waals surface area contributed by atoms with Gasteiger partial charge < -0.3 is 4.74 Å². The van der Waals surface area contributed by atoms with Crippen molar-refractivity contribution in [1.82, 2.24) is 9.55 Å². The van der Waals surface area contributed by atoms with Crippen LogP contribution in [0.5, 0.6) is 5.75 Å². The second-order valence-electron chi connectivity index (χ2n) is 5.99. The van der Waals surface area contributed by atoms with Crippen LogP contribution in [0.4, 0.5) is 9.18 Å². The van der Waals surface area contributed by atoms with E-state index >= 15 is 0 Å². The fraction of sp³-hybridized carbons (Fsp3) is 0.200. The van der Waals surface area contributed by atoms with Crippen LogP contribution in [-0.4, -0.2) is 15.6 Å². The van der Waals surface area contributed by atoms with Crippen molar-refractivity contribution in [3.05, 3.63) is 83.2 Å². The molecule has 0 radical (unpaired) electrons. The molecule has 0 bridgehead atoms. The standard InChI is InChI=1S/C20H19FN2O2/c1-13-5-4-6-18(14(13)2)15(3)19-22-11-12-23(19)20(24)25-17-9-7-16(21)8-10-17/h4-12,15H,1-3H3. The van der Waals surface area contributed by atoms with Crippen molar-refractivity contribution in [3.8, 4) is 5.75 Å². The van der Waals surface area contributed by atoms with Gasteiger partial charge in [0.05, 0.1) is 0 Å². The number of hydrogen-bond donors (Lipinski definition) is 0. The number of nitrogens with zero attached hydrogens (tertiary/aromatic N) is 2. The highest BCUT2D eigenvalue weighted by atomic mass is 19.1. The van der Waals surface area contributed by atoms with Crippen LogP contribution in [0.25, 0.3) is 0 Å².